The highest BCUT2D eigenvalue weighted by Gasteiger charge is 2.52. The van der Waals surface area contributed by atoms with E-state index in [1.807, 2.05) is 0 Å². The van der Waals surface area contributed by atoms with Crippen LogP contribution in [-0.2, 0) is 4.79 Å². The van der Waals surface area contributed by atoms with Crippen LogP contribution in [0.5, 0.6) is 0 Å². The van der Waals surface area contributed by atoms with Gasteiger partial charge in [-0.3, -0.25) is 9.59 Å². The molecule has 2 aromatic rings. The molecule has 1 saturated carbocycles. The van der Waals surface area contributed by atoms with E-state index >= 15 is 0 Å². The Morgan fingerprint density at radius 1 is 0.972 bits per heavy atom. The average Bonchev–Trinajstić information content (AvgIpc) is 3.50. The van der Waals surface area contributed by atoms with Gasteiger partial charge in [-0.15, -0.1) is 0 Å². The van der Waals surface area contributed by atoms with Crippen molar-refractivity contribution in [1.29, 1.82) is 0 Å². The van der Waals surface area contributed by atoms with Gasteiger partial charge >= 0.3 is 12.4 Å². The van der Waals surface area contributed by atoms with Crippen molar-refractivity contribution in [2.24, 2.45) is 0 Å². The molecule has 1 atom stereocenters. The highest BCUT2D eigenvalue weighted by Crippen LogP contribution is 2.39. The fraction of sp³-hybridized carbons (Fsp3) is 0.304. The van der Waals surface area contributed by atoms with Gasteiger partial charge in [0.25, 0.3) is 5.91 Å². The molecule has 4 nitrogen and oxygen atoms in total. The molecule has 0 spiro atoms. The minimum atomic E-state index is -4.58. The van der Waals surface area contributed by atoms with Gasteiger partial charge in [-0.2, -0.15) is 26.3 Å². The maximum absolute atomic E-state index is 13.7. The van der Waals surface area contributed by atoms with Crippen LogP contribution < -0.4 is 10.6 Å². The van der Waals surface area contributed by atoms with Gasteiger partial charge in [0.15, 0.2) is 0 Å². The first-order valence-corrected chi connectivity index (χ1v) is 12.7. The number of carbonyl (C=O) groups excluding carboxylic acids is 2. The summed E-state index contributed by atoms with van der Waals surface area (Å²) in [4.78, 5) is 24.8. The van der Waals surface area contributed by atoms with Crippen LogP contribution in [0.25, 0.3) is 6.08 Å². The summed E-state index contributed by atoms with van der Waals surface area (Å²) in [7, 11) is 0. The number of nitrogens with one attached hydrogen (secondary N) is 2. The van der Waals surface area contributed by atoms with Crippen molar-refractivity contribution in [2.75, 3.05) is 6.54 Å². The molecular formula is C23H17Br3F6N2O2. The number of hydrogen-bond donors (Lipinski definition) is 2. The summed E-state index contributed by atoms with van der Waals surface area (Å²) in [5.41, 5.74) is -0.955. The van der Waals surface area contributed by atoms with Crippen molar-refractivity contribution in [2.45, 2.75) is 36.7 Å². The minimum absolute atomic E-state index is 0.0218. The molecule has 2 amide bonds. The quantitative estimate of drug-likeness (QED) is 0.298. The standard InChI is InChI=1S/C23H17Br3F6N2O2/c24-14-8-13(9-15(25)10-14)17(23(30,31)32)4-2-12-1-3-16(18(26)7-12)19(35)34-21(5-6-21)20(36)33-11-22(27,28)29/h1-4,7-10,17H,5-6,11H2,(H,33,36)(H,34,35). The lowest BCUT2D eigenvalue weighted by Crippen LogP contribution is -2.50. The van der Waals surface area contributed by atoms with Gasteiger partial charge < -0.3 is 10.6 Å². The fourth-order valence-corrected chi connectivity index (χ4v) is 5.26. The van der Waals surface area contributed by atoms with Crippen LogP contribution >= 0.6 is 47.8 Å². The maximum atomic E-state index is 13.7. The summed E-state index contributed by atoms with van der Waals surface area (Å²) in [5, 5.41) is 4.23. The van der Waals surface area contributed by atoms with Crippen LogP contribution in [0.3, 0.4) is 0 Å². The van der Waals surface area contributed by atoms with Crippen LogP contribution in [0.2, 0.25) is 0 Å². The largest absolute Gasteiger partial charge is 0.405 e. The second kappa shape index (κ2) is 10.9. The van der Waals surface area contributed by atoms with Crippen molar-refractivity contribution in [3.05, 3.63) is 72.6 Å². The van der Waals surface area contributed by atoms with Gasteiger partial charge in [0.1, 0.15) is 12.1 Å². The summed E-state index contributed by atoms with van der Waals surface area (Å²) in [6, 6.07) is 8.56. The monoisotopic (exact) mass is 704 g/mol. The topological polar surface area (TPSA) is 58.2 Å². The molecule has 13 heteroatoms. The molecule has 36 heavy (non-hydrogen) atoms. The first-order valence-electron chi connectivity index (χ1n) is 10.3. The molecule has 0 saturated heterocycles. The third-order valence-corrected chi connectivity index (χ3v) is 6.87. The van der Waals surface area contributed by atoms with Crippen LogP contribution in [0.1, 0.15) is 40.2 Å². The number of allylic oxidation sites excluding steroid dienone is 1. The van der Waals surface area contributed by atoms with E-state index in [1.54, 1.807) is 11.4 Å². The lowest BCUT2D eigenvalue weighted by Gasteiger charge is -2.19. The third-order valence-electron chi connectivity index (χ3n) is 5.30. The minimum Gasteiger partial charge on any atom is -0.345 e. The van der Waals surface area contributed by atoms with Gasteiger partial charge in [0.05, 0.1) is 11.5 Å². The second-order valence-corrected chi connectivity index (χ2v) is 10.8. The van der Waals surface area contributed by atoms with Crippen molar-refractivity contribution in [3.63, 3.8) is 0 Å². The molecule has 0 aliphatic heterocycles. The highest BCUT2D eigenvalue weighted by molar-refractivity contribution is 9.11. The van der Waals surface area contributed by atoms with Crippen LogP contribution in [0.15, 0.2) is 55.9 Å². The van der Waals surface area contributed by atoms with E-state index < -0.39 is 42.2 Å². The van der Waals surface area contributed by atoms with Gasteiger partial charge in [-0.1, -0.05) is 50.1 Å². The average molecular weight is 707 g/mol. The second-order valence-electron chi connectivity index (χ2n) is 8.15. The Labute approximate surface area is 227 Å². The number of halogens is 9. The van der Waals surface area contributed by atoms with Crippen molar-refractivity contribution < 1.29 is 35.9 Å². The number of alkyl halides is 6. The van der Waals surface area contributed by atoms with Crippen molar-refractivity contribution in [1.82, 2.24) is 10.6 Å². The Morgan fingerprint density at radius 3 is 2.08 bits per heavy atom. The molecule has 194 valence electrons. The Bertz CT molecular complexity index is 1170. The Hall–Kier alpha value is -1.86. The molecule has 1 aliphatic rings. The highest BCUT2D eigenvalue weighted by atomic mass is 79.9. The lowest BCUT2D eigenvalue weighted by molar-refractivity contribution is -0.140. The van der Waals surface area contributed by atoms with E-state index in [0.717, 1.165) is 6.08 Å². The van der Waals surface area contributed by atoms with Crippen LogP contribution in [-0.4, -0.2) is 36.3 Å². The smallest absolute Gasteiger partial charge is 0.345 e. The molecular weight excluding hydrogens is 690 g/mol. The number of rotatable bonds is 7. The first-order chi connectivity index (χ1) is 16.6. The Morgan fingerprint density at radius 2 is 1.58 bits per heavy atom. The molecule has 1 aliphatic carbocycles. The summed E-state index contributed by atoms with van der Waals surface area (Å²) in [6.45, 7) is -1.51. The van der Waals surface area contributed by atoms with E-state index in [9.17, 15) is 35.9 Å². The zero-order valence-electron chi connectivity index (χ0n) is 18.0. The summed E-state index contributed by atoms with van der Waals surface area (Å²) >= 11 is 9.57. The molecule has 1 unspecified atom stereocenters. The summed E-state index contributed by atoms with van der Waals surface area (Å²) in [5.74, 6) is -3.52. The summed E-state index contributed by atoms with van der Waals surface area (Å²) < 4.78 is 79.5. The molecule has 2 N–H and O–H groups in total. The van der Waals surface area contributed by atoms with Crippen LogP contribution in [0, 0.1) is 0 Å². The van der Waals surface area contributed by atoms with E-state index in [4.69, 9.17) is 0 Å². The maximum Gasteiger partial charge on any atom is 0.405 e. The van der Waals surface area contributed by atoms with Gasteiger partial charge in [-0.25, -0.2) is 0 Å². The van der Waals surface area contributed by atoms with Crippen LogP contribution in [0.4, 0.5) is 26.3 Å². The Kier molecular flexibility index (Phi) is 8.66. The fourth-order valence-electron chi connectivity index (χ4n) is 3.36. The molecule has 0 heterocycles. The molecule has 0 aromatic heterocycles. The number of carbonyl (C=O) groups is 2. The number of hydrogen-bond acceptors (Lipinski definition) is 2. The van der Waals surface area contributed by atoms with Gasteiger partial charge in [-0.05, 0) is 70.2 Å². The van der Waals surface area contributed by atoms with E-state index in [0.29, 0.717) is 14.5 Å². The normalized spacial score (nSPS) is 16.0. The summed E-state index contributed by atoms with van der Waals surface area (Å²) in [6.07, 6.45) is -6.50. The predicted octanol–water partition coefficient (Wildman–Crippen LogP) is 7.27. The van der Waals surface area contributed by atoms with E-state index in [1.165, 1.54) is 36.4 Å². The molecule has 2 aromatic carbocycles. The van der Waals surface area contributed by atoms with E-state index in [-0.39, 0.29) is 28.4 Å². The van der Waals surface area contributed by atoms with Crippen molar-refractivity contribution >= 4 is 65.7 Å². The van der Waals surface area contributed by atoms with E-state index in [2.05, 4.69) is 53.1 Å². The third kappa shape index (κ3) is 7.58. The number of benzene rings is 2. The Balaban J connectivity index is 1.75. The lowest BCUT2D eigenvalue weighted by atomic mass is 9.97. The zero-order valence-corrected chi connectivity index (χ0v) is 22.8. The van der Waals surface area contributed by atoms with Gasteiger partial charge in [0, 0.05) is 13.4 Å². The molecule has 1 fully saturated rings. The zero-order chi connectivity index (χ0) is 26.9. The predicted molar refractivity (Wildman–Crippen MR) is 132 cm³/mol. The SMILES string of the molecule is O=C(NC1(C(=O)NCC(F)(F)F)CC1)c1ccc(C=CC(c2cc(Br)cc(Br)c2)C(F)(F)F)cc1Br. The molecule has 0 radical (unpaired) electrons. The first kappa shape index (κ1) is 28.7. The van der Waals surface area contributed by atoms with Crippen molar-refractivity contribution in [3.8, 4) is 0 Å². The van der Waals surface area contributed by atoms with Gasteiger partial charge in [0.2, 0.25) is 5.91 Å². The molecule has 3 rings (SSSR count). The molecule has 0 bridgehead atoms. The number of amides is 2.